The molecular formula is C22H14Cl2F5N3O2S. The Labute approximate surface area is 211 Å². The van der Waals surface area contributed by atoms with E-state index in [4.69, 9.17) is 39.8 Å². The predicted octanol–water partition coefficient (Wildman–Crippen LogP) is 5.79. The van der Waals surface area contributed by atoms with Gasteiger partial charge in [0.15, 0.2) is 34.1 Å². The maximum absolute atomic E-state index is 14.1. The van der Waals surface area contributed by atoms with Crippen molar-refractivity contribution in [2.45, 2.75) is 0 Å². The van der Waals surface area contributed by atoms with Crippen LogP contribution in [0.5, 0.6) is 0 Å². The smallest absolute Gasteiger partial charge is 0.293 e. The fourth-order valence-corrected chi connectivity index (χ4v) is 4.19. The molecule has 0 unspecified atom stereocenters. The predicted molar refractivity (Wildman–Crippen MR) is 124 cm³/mol. The number of anilines is 1. The second-order valence-electron chi connectivity index (χ2n) is 7.44. The number of rotatable bonds is 3. The van der Waals surface area contributed by atoms with Crippen LogP contribution in [0.15, 0.2) is 34.7 Å². The minimum atomic E-state index is -2.22. The maximum atomic E-state index is 14.1. The molecule has 0 aliphatic carbocycles. The number of nitrogens with zero attached hydrogens (tertiary/aromatic N) is 2. The summed E-state index contributed by atoms with van der Waals surface area (Å²) in [4.78, 5) is 15.1. The molecule has 3 aromatic rings. The number of nitrogens with one attached hydrogen (secondary N) is 1. The zero-order valence-corrected chi connectivity index (χ0v) is 19.8. The molecule has 1 aliphatic heterocycles. The minimum Gasteiger partial charge on any atom is -0.451 e. The molecule has 13 heteroatoms. The number of carbonyl (C=O) groups is 1. The molecule has 1 amide bonds. The Morgan fingerprint density at radius 2 is 1.49 bits per heavy atom. The van der Waals surface area contributed by atoms with Crippen molar-refractivity contribution in [1.29, 1.82) is 0 Å². The van der Waals surface area contributed by atoms with Gasteiger partial charge in [0, 0.05) is 36.8 Å². The highest BCUT2D eigenvalue weighted by Gasteiger charge is 2.31. The van der Waals surface area contributed by atoms with Gasteiger partial charge < -0.3 is 14.2 Å². The van der Waals surface area contributed by atoms with Gasteiger partial charge in [0.1, 0.15) is 11.4 Å². The number of piperazine rings is 1. The third-order valence-electron chi connectivity index (χ3n) is 5.31. The topological polar surface area (TPSA) is 48.7 Å². The summed E-state index contributed by atoms with van der Waals surface area (Å²) in [5, 5.41) is 3.30. The standard InChI is InChI=1S/C22H14Cl2F5N3O2S/c23-10-1-2-12(24)11(9-10)13-3-4-14(34-13)21(33)30-22(35)32-7-5-31(6-8-32)20-18(28)16(26)15(25)17(27)19(20)29/h1-4,9H,5-8H2,(H,30,33,35). The number of halogens is 7. The highest BCUT2D eigenvalue weighted by atomic mass is 35.5. The van der Waals surface area contributed by atoms with Crippen LogP contribution in [-0.2, 0) is 0 Å². The highest BCUT2D eigenvalue weighted by Crippen LogP contribution is 2.32. The molecule has 1 N–H and O–H groups in total. The number of furan rings is 1. The van der Waals surface area contributed by atoms with Gasteiger partial charge in [0.2, 0.25) is 5.82 Å². The van der Waals surface area contributed by atoms with Gasteiger partial charge in [-0.15, -0.1) is 0 Å². The van der Waals surface area contributed by atoms with Gasteiger partial charge in [-0.05, 0) is 42.5 Å². The van der Waals surface area contributed by atoms with Crippen LogP contribution in [-0.4, -0.2) is 42.1 Å². The first-order valence-corrected chi connectivity index (χ1v) is 11.2. The summed E-state index contributed by atoms with van der Waals surface area (Å²) in [6, 6.07) is 7.74. The summed E-state index contributed by atoms with van der Waals surface area (Å²) >= 11 is 17.4. The lowest BCUT2D eigenvalue weighted by atomic mass is 10.2. The van der Waals surface area contributed by atoms with E-state index >= 15 is 0 Å². The first kappa shape index (κ1) is 25.2. The van der Waals surface area contributed by atoms with Crippen LogP contribution in [0.2, 0.25) is 10.0 Å². The summed E-state index contributed by atoms with van der Waals surface area (Å²) in [7, 11) is 0. The zero-order valence-electron chi connectivity index (χ0n) is 17.5. The second-order valence-corrected chi connectivity index (χ2v) is 8.67. The minimum absolute atomic E-state index is 0.00537. The van der Waals surface area contributed by atoms with Crippen molar-refractivity contribution in [2.24, 2.45) is 0 Å². The van der Waals surface area contributed by atoms with Gasteiger partial charge in [0.05, 0.1) is 5.02 Å². The Balaban J connectivity index is 1.40. The fourth-order valence-electron chi connectivity index (χ4n) is 3.53. The van der Waals surface area contributed by atoms with E-state index in [2.05, 4.69) is 5.32 Å². The molecule has 0 saturated carbocycles. The van der Waals surface area contributed by atoms with Crippen molar-refractivity contribution in [3.63, 3.8) is 0 Å². The molecular weight excluding hydrogens is 536 g/mol. The third kappa shape index (κ3) is 4.93. The molecule has 1 fully saturated rings. The van der Waals surface area contributed by atoms with E-state index in [1.54, 1.807) is 24.3 Å². The average molecular weight is 550 g/mol. The zero-order chi connectivity index (χ0) is 25.4. The van der Waals surface area contributed by atoms with E-state index in [1.807, 2.05) is 0 Å². The number of benzene rings is 2. The summed E-state index contributed by atoms with van der Waals surface area (Å²) < 4.78 is 74.1. The largest absolute Gasteiger partial charge is 0.451 e. The van der Waals surface area contributed by atoms with Crippen LogP contribution in [0.4, 0.5) is 27.6 Å². The number of carbonyl (C=O) groups excluding carboxylic acids is 1. The van der Waals surface area contributed by atoms with Gasteiger partial charge in [-0.25, -0.2) is 22.0 Å². The highest BCUT2D eigenvalue weighted by molar-refractivity contribution is 7.80. The van der Waals surface area contributed by atoms with Gasteiger partial charge in [-0.1, -0.05) is 23.2 Å². The van der Waals surface area contributed by atoms with Crippen LogP contribution in [0.1, 0.15) is 10.6 Å². The average Bonchev–Trinajstić information content (AvgIpc) is 3.34. The van der Waals surface area contributed by atoms with Crippen LogP contribution < -0.4 is 10.2 Å². The molecule has 35 heavy (non-hydrogen) atoms. The molecule has 0 radical (unpaired) electrons. The molecule has 0 atom stereocenters. The van der Waals surface area contributed by atoms with Crippen molar-refractivity contribution in [1.82, 2.24) is 10.2 Å². The molecule has 1 aliphatic rings. The lowest BCUT2D eigenvalue weighted by molar-refractivity contribution is 0.0946. The molecule has 0 bridgehead atoms. The second kappa shape index (κ2) is 10.00. The Morgan fingerprint density at radius 3 is 2.11 bits per heavy atom. The van der Waals surface area contributed by atoms with Crippen molar-refractivity contribution >= 4 is 52.1 Å². The van der Waals surface area contributed by atoms with Crippen molar-refractivity contribution in [2.75, 3.05) is 31.1 Å². The summed E-state index contributed by atoms with van der Waals surface area (Å²) in [5.74, 6) is -10.4. The molecule has 1 aromatic heterocycles. The Bertz CT molecular complexity index is 1300. The molecule has 4 rings (SSSR count). The van der Waals surface area contributed by atoms with E-state index in [1.165, 1.54) is 11.0 Å². The van der Waals surface area contributed by atoms with E-state index in [0.29, 0.717) is 21.4 Å². The molecule has 2 heterocycles. The van der Waals surface area contributed by atoms with E-state index in [9.17, 15) is 26.7 Å². The van der Waals surface area contributed by atoms with Crippen molar-refractivity contribution < 1.29 is 31.2 Å². The van der Waals surface area contributed by atoms with Crippen LogP contribution >= 0.6 is 35.4 Å². The first-order valence-electron chi connectivity index (χ1n) is 10.0. The third-order valence-corrected chi connectivity index (χ3v) is 6.24. The van der Waals surface area contributed by atoms with Crippen LogP contribution in [0, 0.1) is 29.1 Å². The molecule has 184 valence electrons. The van der Waals surface area contributed by atoms with Gasteiger partial charge in [0.25, 0.3) is 5.91 Å². The monoisotopic (exact) mass is 549 g/mol. The van der Waals surface area contributed by atoms with Crippen LogP contribution in [0.3, 0.4) is 0 Å². The Hall–Kier alpha value is -2.89. The number of hydrogen-bond acceptors (Lipinski definition) is 4. The normalized spacial score (nSPS) is 13.8. The molecule has 2 aromatic carbocycles. The summed E-state index contributed by atoms with van der Waals surface area (Å²) in [5.41, 5.74) is -0.510. The van der Waals surface area contributed by atoms with E-state index in [0.717, 1.165) is 4.90 Å². The van der Waals surface area contributed by atoms with Gasteiger partial charge in [-0.3, -0.25) is 10.1 Å². The Kier molecular flexibility index (Phi) is 7.20. The molecule has 1 saturated heterocycles. The maximum Gasteiger partial charge on any atom is 0.293 e. The van der Waals surface area contributed by atoms with Gasteiger partial charge >= 0.3 is 0 Å². The van der Waals surface area contributed by atoms with Crippen molar-refractivity contribution in [3.05, 3.63) is 75.2 Å². The number of amides is 1. The first-order chi connectivity index (χ1) is 16.6. The number of thiocarbonyl (C=S) groups is 1. The number of hydrogen-bond donors (Lipinski definition) is 1. The summed E-state index contributed by atoms with van der Waals surface area (Å²) in [6.07, 6.45) is 0. The van der Waals surface area contributed by atoms with E-state index in [-0.39, 0.29) is 37.1 Å². The fraction of sp³-hybridized carbons (Fsp3) is 0.182. The molecule has 5 nitrogen and oxygen atoms in total. The molecule has 0 spiro atoms. The lowest BCUT2D eigenvalue weighted by Gasteiger charge is -2.37. The van der Waals surface area contributed by atoms with E-state index < -0.39 is 40.7 Å². The van der Waals surface area contributed by atoms with Crippen molar-refractivity contribution in [3.8, 4) is 11.3 Å². The lowest BCUT2D eigenvalue weighted by Crippen LogP contribution is -2.53. The SMILES string of the molecule is O=C(NC(=S)N1CCN(c2c(F)c(F)c(F)c(F)c2F)CC1)c1ccc(-c2cc(Cl)ccc2Cl)o1. The Morgan fingerprint density at radius 1 is 0.886 bits per heavy atom. The van der Waals surface area contributed by atoms with Gasteiger partial charge in [-0.2, -0.15) is 0 Å². The summed E-state index contributed by atoms with van der Waals surface area (Å²) in [6.45, 7) is -0.0979. The quantitative estimate of drug-likeness (QED) is 0.194. The van der Waals surface area contributed by atoms with Crippen LogP contribution in [0.25, 0.3) is 11.3 Å².